The number of unbranched alkanes of at least 4 members (excludes halogenated alkanes) is 2. The molecule has 0 spiro atoms. The van der Waals surface area contributed by atoms with E-state index >= 15 is 0 Å². The first-order valence-electron chi connectivity index (χ1n) is 10.3. The molecule has 31 heavy (non-hydrogen) atoms. The lowest BCUT2D eigenvalue weighted by Gasteiger charge is -2.06. The van der Waals surface area contributed by atoms with Crippen LogP contribution in [-0.4, -0.2) is 34.2 Å². The van der Waals surface area contributed by atoms with E-state index in [0.717, 1.165) is 41.7 Å². The number of nitrogens with one attached hydrogen (secondary N) is 2. The van der Waals surface area contributed by atoms with Crippen molar-refractivity contribution in [3.63, 3.8) is 0 Å². The van der Waals surface area contributed by atoms with Crippen LogP contribution in [0.4, 0.5) is 10.8 Å². The second kappa shape index (κ2) is 12.6. The molecule has 0 aliphatic rings. The minimum absolute atomic E-state index is 0.0131. The van der Waals surface area contributed by atoms with Crippen LogP contribution in [0.2, 0.25) is 0 Å². The standard InChI is InChI=1S/C22H26N4O2S3/c1-2-3-4-7-20(28)24-17-10-8-16(9-11-17)19(27)15-30-22-26-25-21(31-22)23-13-12-18-6-5-14-29-18/h5-6,8-11,14H,2-4,7,12-13,15H2,1H3,(H,23,25)(H,24,28). The Labute approximate surface area is 194 Å². The normalized spacial score (nSPS) is 10.7. The van der Waals surface area contributed by atoms with Crippen LogP contribution in [0.5, 0.6) is 0 Å². The van der Waals surface area contributed by atoms with Gasteiger partial charge in [0, 0.05) is 29.1 Å². The van der Waals surface area contributed by atoms with E-state index in [-0.39, 0.29) is 11.7 Å². The van der Waals surface area contributed by atoms with Crippen LogP contribution in [0.25, 0.3) is 0 Å². The number of Topliss-reactive ketones (excluding diaryl/α,β-unsaturated/α-hetero) is 1. The highest BCUT2D eigenvalue weighted by Gasteiger charge is 2.11. The third-order valence-electron chi connectivity index (χ3n) is 4.46. The first-order chi connectivity index (χ1) is 15.1. The zero-order chi connectivity index (χ0) is 21.9. The Morgan fingerprint density at radius 2 is 1.94 bits per heavy atom. The van der Waals surface area contributed by atoms with Gasteiger partial charge in [0.15, 0.2) is 10.1 Å². The summed E-state index contributed by atoms with van der Waals surface area (Å²) in [6, 6.07) is 11.2. The van der Waals surface area contributed by atoms with Crippen LogP contribution in [0, 0.1) is 0 Å². The molecular weight excluding hydrogens is 448 g/mol. The molecule has 6 nitrogen and oxygen atoms in total. The third kappa shape index (κ3) is 8.08. The monoisotopic (exact) mass is 474 g/mol. The number of thiophene rings is 1. The van der Waals surface area contributed by atoms with Crippen molar-refractivity contribution in [1.82, 2.24) is 10.2 Å². The van der Waals surface area contributed by atoms with Crippen LogP contribution in [0.3, 0.4) is 0 Å². The number of thioether (sulfide) groups is 1. The zero-order valence-electron chi connectivity index (χ0n) is 17.4. The molecule has 0 radical (unpaired) electrons. The maximum Gasteiger partial charge on any atom is 0.224 e. The highest BCUT2D eigenvalue weighted by molar-refractivity contribution is 8.01. The van der Waals surface area contributed by atoms with Gasteiger partial charge in [-0.25, -0.2) is 0 Å². The molecule has 0 saturated carbocycles. The van der Waals surface area contributed by atoms with E-state index in [0.29, 0.717) is 23.4 Å². The van der Waals surface area contributed by atoms with Crippen molar-refractivity contribution < 1.29 is 9.59 Å². The van der Waals surface area contributed by atoms with Gasteiger partial charge in [0.25, 0.3) is 0 Å². The summed E-state index contributed by atoms with van der Waals surface area (Å²) >= 11 is 4.59. The number of hydrogen-bond donors (Lipinski definition) is 2. The molecule has 2 heterocycles. The molecule has 164 valence electrons. The number of carbonyl (C=O) groups excluding carboxylic acids is 2. The molecule has 0 bridgehead atoms. The van der Waals surface area contributed by atoms with Crippen molar-refractivity contribution in [2.24, 2.45) is 0 Å². The molecule has 9 heteroatoms. The van der Waals surface area contributed by atoms with Gasteiger partial charge < -0.3 is 10.6 Å². The summed E-state index contributed by atoms with van der Waals surface area (Å²) < 4.78 is 0.767. The van der Waals surface area contributed by atoms with Crippen molar-refractivity contribution in [3.05, 3.63) is 52.2 Å². The predicted molar refractivity (Wildman–Crippen MR) is 131 cm³/mol. The van der Waals surface area contributed by atoms with Crippen LogP contribution >= 0.6 is 34.4 Å². The van der Waals surface area contributed by atoms with E-state index in [9.17, 15) is 9.59 Å². The summed E-state index contributed by atoms with van der Waals surface area (Å²) in [5, 5.41) is 17.3. The zero-order valence-corrected chi connectivity index (χ0v) is 19.9. The topological polar surface area (TPSA) is 84.0 Å². The largest absolute Gasteiger partial charge is 0.360 e. The smallest absolute Gasteiger partial charge is 0.224 e. The van der Waals surface area contributed by atoms with E-state index < -0.39 is 0 Å². The van der Waals surface area contributed by atoms with Crippen LogP contribution in [0.1, 0.15) is 47.8 Å². The van der Waals surface area contributed by atoms with Gasteiger partial charge in [0.05, 0.1) is 5.75 Å². The fraction of sp³-hybridized carbons (Fsp3) is 0.364. The number of benzene rings is 1. The second-order valence-corrected chi connectivity index (χ2v) is 10.2. The summed E-state index contributed by atoms with van der Waals surface area (Å²) in [5.74, 6) is 0.333. The molecule has 3 aromatic rings. The molecule has 3 rings (SSSR count). The fourth-order valence-corrected chi connectivity index (χ4v) is 5.18. The Morgan fingerprint density at radius 3 is 2.68 bits per heavy atom. The molecule has 1 aromatic carbocycles. The molecule has 0 saturated heterocycles. The van der Waals surface area contributed by atoms with Crippen molar-refractivity contribution in [3.8, 4) is 0 Å². The molecule has 0 aliphatic carbocycles. The first kappa shape index (κ1) is 23.4. The van der Waals surface area contributed by atoms with Gasteiger partial charge in [0.1, 0.15) is 0 Å². The maximum atomic E-state index is 12.5. The summed E-state index contributed by atoms with van der Waals surface area (Å²) in [6.45, 7) is 2.92. The van der Waals surface area contributed by atoms with E-state index in [1.165, 1.54) is 28.0 Å². The highest BCUT2D eigenvalue weighted by atomic mass is 32.2. The molecule has 2 aromatic heterocycles. The maximum absolute atomic E-state index is 12.5. The van der Waals surface area contributed by atoms with Gasteiger partial charge in [-0.05, 0) is 48.6 Å². The molecule has 1 amide bonds. The lowest BCUT2D eigenvalue weighted by molar-refractivity contribution is -0.116. The van der Waals surface area contributed by atoms with E-state index in [2.05, 4.69) is 45.3 Å². The van der Waals surface area contributed by atoms with Crippen LogP contribution in [-0.2, 0) is 11.2 Å². The number of nitrogens with zero attached hydrogens (tertiary/aromatic N) is 2. The summed E-state index contributed by atoms with van der Waals surface area (Å²) in [6.07, 6.45) is 4.52. The van der Waals surface area contributed by atoms with Crippen LogP contribution in [0.15, 0.2) is 46.1 Å². The summed E-state index contributed by atoms with van der Waals surface area (Å²) in [5.41, 5.74) is 1.34. The Hall–Kier alpha value is -2.23. The lowest BCUT2D eigenvalue weighted by Crippen LogP contribution is -2.11. The Balaban J connectivity index is 1.40. The van der Waals surface area contributed by atoms with Crippen molar-refractivity contribution in [2.45, 2.75) is 43.4 Å². The molecule has 2 N–H and O–H groups in total. The lowest BCUT2D eigenvalue weighted by atomic mass is 10.1. The number of aromatic nitrogens is 2. The number of amides is 1. The van der Waals surface area contributed by atoms with E-state index in [1.807, 2.05) is 0 Å². The van der Waals surface area contributed by atoms with Gasteiger partial charge in [0.2, 0.25) is 11.0 Å². The van der Waals surface area contributed by atoms with Gasteiger partial charge >= 0.3 is 0 Å². The minimum atomic E-state index is 0.0131. The molecular formula is C22H26N4O2S3. The predicted octanol–water partition coefficient (Wildman–Crippen LogP) is 5.75. The van der Waals surface area contributed by atoms with Crippen molar-refractivity contribution in [2.75, 3.05) is 22.9 Å². The fourth-order valence-electron chi connectivity index (χ4n) is 2.80. The number of anilines is 2. The van der Waals surface area contributed by atoms with Gasteiger partial charge in [-0.1, -0.05) is 48.9 Å². The molecule has 0 unspecified atom stereocenters. The number of hydrogen-bond acceptors (Lipinski definition) is 8. The quantitative estimate of drug-likeness (QED) is 0.186. The molecule has 0 fully saturated rings. The SMILES string of the molecule is CCCCCC(=O)Nc1ccc(C(=O)CSc2nnc(NCCc3cccs3)s2)cc1. The Morgan fingerprint density at radius 1 is 1.10 bits per heavy atom. The minimum Gasteiger partial charge on any atom is -0.360 e. The number of carbonyl (C=O) groups is 2. The third-order valence-corrected chi connectivity index (χ3v) is 7.41. The molecule has 0 aliphatic heterocycles. The number of ketones is 1. The van der Waals surface area contributed by atoms with Crippen LogP contribution < -0.4 is 10.6 Å². The average Bonchev–Trinajstić information content (AvgIpc) is 3.45. The first-order valence-corrected chi connectivity index (χ1v) is 13.0. The van der Waals surface area contributed by atoms with Gasteiger partial charge in [-0.2, -0.15) is 0 Å². The Bertz CT molecular complexity index is 956. The van der Waals surface area contributed by atoms with E-state index in [4.69, 9.17) is 0 Å². The summed E-state index contributed by atoms with van der Waals surface area (Å²) in [7, 11) is 0. The van der Waals surface area contributed by atoms with Gasteiger partial charge in [-0.15, -0.1) is 21.5 Å². The average molecular weight is 475 g/mol. The van der Waals surface area contributed by atoms with Gasteiger partial charge in [-0.3, -0.25) is 9.59 Å². The number of rotatable bonds is 13. The second-order valence-electron chi connectivity index (χ2n) is 6.92. The van der Waals surface area contributed by atoms with Crippen molar-refractivity contribution in [1.29, 1.82) is 0 Å². The van der Waals surface area contributed by atoms with Crippen molar-refractivity contribution >= 4 is 56.9 Å². The molecule has 0 atom stereocenters. The van der Waals surface area contributed by atoms with E-state index in [1.54, 1.807) is 35.6 Å². The summed E-state index contributed by atoms with van der Waals surface area (Å²) in [4.78, 5) is 25.7. The Kier molecular flexibility index (Phi) is 9.51. The highest BCUT2D eigenvalue weighted by Crippen LogP contribution is 2.26.